The minimum atomic E-state index is -0.315. The minimum Gasteiger partial charge on any atom is -0.354 e. The highest BCUT2D eigenvalue weighted by atomic mass is 32.1. The predicted octanol–water partition coefficient (Wildman–Crippen LogP) is 3.45. The Morgan fingerprint density at radius 3 is 2.70 bits per heavy atom. The number of carbonyl (C=O) groups is 2. The van der Waals surface area contributed by atoms with E-state index in [1.165, 1.54) is 0 Å². The molecule has 0 saturated heterocycles. The van der Waals surface area contributed by atoms with Gasteiger partial charge in [-0.05, 0) is 53.9 Å². The Hall–Kier alpha value is -2.34. The number of benzene rings is 1. The number of thiophene rings is 1. The van der Waals surface area contributed by atoms with Crippen LogP contribution in [-0.2, 0) is 4.79 Å². The molecule has 0 bridgehead atoms. The Labute approximate surface area is 140 Å². The molecule has 0 aliphatic rings. The highest BCUT2D eigenvalue weighted by molar-refractivity contribution is 7.08. The number of rotatable bonds is 6. The van der Waals surface area contributed by atoms with Crippen LogP contribution in [0.1, 0.15) is 20.3 Å². The van der Waals surface area contributed by atoms with E-state index in [4.69, 9.17) is 0 Å². The van der Waals surface area contributed by atoms with Crippen LogP contribution in [0.5, 0.6) is 0 Å². The zero-order valence-electron chi connectivity index (χ0n) is 13.3. The molecule has 3 amide bonds. The van der Waals surface area contributed by atoms with Gasteiger partial charge in [0, 0.05) is 24.7 Å². The van der Waals surface area contributed by atoms with Crippen molar-refractivity contribution < 1.29 is 9.59 Å². The summed E-state index contributed by atoms with van der Waals surface area (Å²) in [5, 5.41) is 12.3. The Morgan fingerprint density at radius 1 is 1.17 bits per heavy atom. The van der Waals surface area contributed by atoms with Gasteiger partial charge in [0.1, 0.15) is 0 Å². The first-order valence-corrected chi connectivity index (χ1v) is 8.45. The Bertz CT molecular complexity index is 654. The lowest BCUT2D eigenvalue weighted by Gasteiger charge is -2.10. The second kappa shape index (κ2) is 8.33. The van der Waals surface area contributed by atoms with Crippen molar-refractivity contribution in [2.75, 3.05) is 11.9 Å². The fraction of sp³-hybridized carbons (Fsp3) is 0.294. The second-order valence-corrected chi connectivity index (χ2v) is 6.23. The average molecular weight is 331 g/mol. The maximum absolute atomic E-state index is 11.9. The van der Waals surface area contributed by atoms with Gasteiger partial charge in [0.25, 0.3) is 0 Å². The second-order valence-electron chi connectivity index (χ2n) is 5.45. The van der Waals surface area contributed by atoms with Crippen LogP contribution in [0, 0.1) is 0 Å². The topological polar surface area (TPSA) is 70.2 Å². The Morgan fingerprint density at radius 2 is 2.00 bits per heavy atom. The SMILES string of the molecule is CC(C)NC(=O)CCNC(=O)Nc1cccc(-c2ccsc2)c1. The first-order chi connectivity index (χ1) is 11.0. The molecule has 1 heterocycles. The lowest BCUT2D eigenvalue weighted by Crippen LogP contribution is -2.35. The molecule has 0 fully saturated rings. The molecule has 122 valence electrons. The van der Waals surface area contributed by atoms with E-state index in [1.54, 1.807) is 11.3 Å². The van der Waals surface area contributed by atoms with Crippen LogP contribution < -0.4 is 16.0 Å². The maximum Gasteiger partial charge on any atom is 0.319 e. The summed E-state index contributed by atoms with van der Waals surface area (Å²) < 4.78 is 0. The van der Waals surface area contributed by atoms with E-state index < -0.39 is 0 Å². The molecule has 0 atom stereocenters. The normalized spacial score (nSPS) is 10.4. The van der Waals surface area contributed by atoms with Crippen LogP contribution in [0.25, 0.3) is 11.1 Å². The van der Waals surface area contributed by atoms with Crippen molar-refractivity contribution in [2.24, 2.45) is 0 Å². The number of amides is 3. The van der Waals surface area contributed by atoms with Gasteiger partial charge in [0.05, 0.1) is 0 Å². The van der Waals surface area contributed by atoms with Crippen LogP contribution in [0.15, 0.2) is 41.1 Å². The highest BCUT2D eigenvalue weighted by Gasteiger charge is 2.06. The van der Waals surface area contributed by atoms with Gasteiger partial charge in [0.2, 0.25) is 5.91 Å². The molecule has 2 rings (SSSR count). The molecule has 0 saturated carbocycles. The van der Waals surface area contributed by atoms with Gasteiger partial charge in [0.15, 0.2) is 0 Å². The molecular weight excluding hydrogens is 310 g/mol. The van der Waals surface area contributed by atoms with Crippen LogP contribution in [-0.4, -0.2) is 24.5 Å². The molecule has 0 aliphatic carbocycles. The zero-order chi connectivity index (χ0) is 16.7. The average Bonchev–Trinajstić information content (AvgIpc) is 3.01. The molecular formula is C17H21N3O2S. The molecule has 3 N–H and O–H groups in total. The van der Waals surface area contributed by atoms with Gasteiger partial charge in [-0.15, -0.1) is 0 Å². The lowest BCUT2D eigenvalue weighted by molar-refractivity contribution is -0.121. The van der Waals surface area contributed by atoms with Crippen LogP contribution in [0.4, 0.5) is 10.5 Å². The highest BCUT2D eigenvalue weighted by Crippen LogP contribution is 2.24. The summed E-state index contributed by atoms with van der Waals surface area (Å²) in [6.45, 7) is 4.10. The number of hydrogen-bond donors (Lipinski definition) is 3. The van der Waals surface area contributed by atoms with Crippen molar-refractivity contribution in [3.8, 4) is 11.1 Å². The summed E-state index contributed by atoms with van der Waals surface area (Å²) in [6.07, 6.45) is 0.264. The fourth-order valence-electron chi connectivity index (χ4n) is 2.06. The third-order valence-corrected chi connectivity index (χ3v) is 3.75. The molecule has 1 aromatic carbocycles. The van der Waals surface area contributed by atoms with Gasteiger partial charge in [-0.3, -0.25) is 4.79 Å². The Kier molecular flexibility index (Phi) is 6.17. The number of anilines is 1. The molecule has 0 unspecified atom stereocenters. The molecule has 0 aliphatic heterocycles. The van der Waals surface area contributed by atoms with Crippen LogP contribution in [0.2, 0.25) is 0 Å². The van der Waals surface area contributed by atoms with E-state index in [2.05, 4.69) is 21.3 Å². The fourth-order valence-corrected chi connectivity index (χ4v) is 2.73. The van der Waals surface area contributed by atoms with Crippen LogP contribution in [0.3, 0.4) is 0 Å². The first-order valence-electron chi connectivity index (χ1n) is 7.51. The quantitative estimate of drug-likeness (QED) is 0.759. The van der Waals surface area contributed by atoms with E-state index in [0.717, 1.165) is 16.8 Å². The number of hydrogen-bond acceptors (Lipinski definition) is 3. The van der Waals surface area contributed by atoms with Gasteiger partial charge < -0.3 is 16.0 Å². The van der Waals surface area contributed by atoms with E-state index in [0.29, 0.717) is 6.54 Å². The monoisotopic (exact) mass is 331 g/mol. The number of carbonyl (C=O) groups excluding carboxylic acids is 2. The zero-order valence-corrected chi connectivity index (χ0v) is 14.1. The third-order valence-electron chi connectivity index (χ3n) is 3.06. The summed E-state index contributed by atoms with van der Waals surface area (Å²) in [4.78, 5) is 23.3. The molecule has 0 radical (unpaired) electrons. The number of urea groups is 1. The van der Waals surface area contributed by atoms with Gasteiger partial charge in [-0.2, -0.15) is 11.3 Å². The molecule has 5 nitrogen and oxygen atoms in total. The smallest absolute Gasteiger partial charge is 0.319 e. The summed E-state index contributed by atoms with van der Waals surface area (Å²) in [5.74, 6) is -0.0697. The summed E-state index contributed by atoms with van der Waals surface area (Å²) in [6, 6.07) is 9.49. The summed E-state index contributed by atoms with van der Waals surface area (Å²) in [5.41, 5.74) is 2.91. The van der Waals surface area contributed by atoms with E-state index in [1.807, 2.05) is 49.6 Å². The van der Waals surface area contributed by atoms with Crippen molar-refractivity contribution in [3.05, 3.63) is 41.1 Å². The van der Waals surface area contributed by atoms with Gasteiger partial charge in [-0.25, -0.2) is 4.79 Å². The molecule has 6 heteroatoms. The summed E-state index contributed by atoms with van der Waals surface area (Å²) >= 11 is 1.63. The molecule has 1 aromatic heterocycles. The van der Waals surface area contributed by atoms with E-state index in [-0.39, 0.29) is 24.4 Å². The van der Waals surface area contributed by atoms with E-state index in [9.17, 15) is 9.59 Å². The Balaban J connectivity index is 1.81. The standard InChI is InChI=1S/C17H21N3O2S/c1-12(2)19-16(21)6-8-18-17(22)20-15-5-3-4-13(10-15)14-7-9-23-11-14/h3-5,7,9-12H,6,8H2,1-2H3,(H,19,21)(H2,18,20,22). The van der Waals surface area contributed by atoms with Crippen molar-refractivity contribution in [3.63, 3.8) is 0 Å². The molecule has 23 heavy (non-hydrogen) atoms. The van der Waals surface area contributed by atoms with Crippen molar-refractivity contribution >= 4 is 29.0 Å². The predicted molar refractivity (Wildman–Crippen MR) is 94.7 cm³/mol. The first kappa shape index (κ1) is 17.0. The lowest BCUT2D eigenvalue weighted by atomic mass is 10.1. The van der Waals surface area contributed by atoms with Gasteiger partial charge >= 0.3 is 6.03 Å². The number of nitrogens with one attached hydrogen (secondary N) is 3. The summed E-state index contributed by atoms with van der Waals surface area (Å²) in [7, 11) is 0. The minimum absolute atomic E-state index is 0.0697. The van der Waals surface area contributed by atoms with Crippen molar-refractivity contribution in [1.82, 2.24) is 10.6 Å². The molecule has 0 spiro atoms. The van der Waals surface area contributed by atoms with Crippen molar-refractivity contribution in [2.45, 2.75) is 26.3 Å². The maximum atomic E-state index is 11.9. The van der Waals surface area contributed by atoms with Crippen LogP contribution >= 0.6 is 11.3 Å². The third kappa shape index (κ3) is 5.75. The molecule has 2 aromatic rings. The van der Waals surface area contributed by atoms with E-state index >= 15 is 0 Å². The van der Waals surface area contributed by atoms with Gasteiger partial charge in [-0.1, -0.05) is 12.1 Å². The largest absolute Gasteiger partial charge is 0.354 e. The van der Waals surface area contributed by atoms with Crippen molar-refractivity contribution in [1.29, 1.82) is 0 Å².